The zero-order valence-electron chi connectivity index (χ0n) is 11.4. The van der Waals surface area contributed by atoms with Gasteiger partial charge in [-0.05, 0) is 18.5 Å². The molecule has 0 saturated heterocycles. The van der Waals surface area contributed by atoms with Gasteiger partial charge in [-0.15, -0.1) is 0 Å². The van der Waals surface area contributed by atoms with Crippen LogP contribution in [0.2, 0.25) is 5.02 Å². The highest BCUT2D eigenvalue weighted by Crippen LogP contribution is 2.30. The largest absolute Gasteiger partial charge is 0.506 e. The van der Waals surface area contributed by atoms with Crippen LogP contribution in [0.25, 0.3) is 0 Å². The van der Waals surface area contributed by atoms with Gasteiger partial charge in [0.15, 0.2) is 0 Å². The van der Waals surface area contributed by atoms with Crippen molar-refractivity contribution in [1.29, 1.82) is 0 Å². The highest BCUT2D eigenvalue weighted by molar-refractivity contribution is 6.32. The molecule has 18 heavy (non-hydrogen) atoms. The third-order valence-corrected chi connectivity index (χ3v) is 3.50. The molecule has 1 atom stereocenters. The molecule has 102 valence electrons. The van der Waals surface area contributed by atoms with Crippen molar-refractivity contribution in [2.45, 2.75) is 33.4 Å². The first-order valence-electron chi connectivity index (χ1n) is 6.04. The average molecular weight is 272 g/mol. The van der Waals surface area contributed by atoms with E-state index in [2.05, 4.69) is 20.8 Å². The molecule has 0 aliphatic rings. The molecule has 1 aromatic carbocycles. The van der Waals surface area contributed by atoms with E-state index in [-0.39, 0.29) is 23.8 Å². The number of phenols is 1. The number of hydrogen-bond acceptors (Lipinski definition) is 3. The second kappa shape index (κ2) is 5.91. The minimum atomic E-state index is -0.0301. The first-order chi connectivity index (χ1) is 8.27. The van der Waals surface area contributed by atoms with Gasteiger partial charge < -0.3 is 10.2 Å². The van der Waals surface area contributed by atoms with Gasteiger partial charge in [-0.2, -0.15) is 0 Å². The van der Waals surface area contributed by atoms with Crippen molar-refractivity contribution < 1.29 is 10.2 Å². The number of rotatable bonds is 4. The van der Waals surface area contributed by atoms with E-state index in [1.807, 2.05) is 24.1 Å². The van der Waals surface area contributed by atoms with E-state index in [1.54, 1.807) is 6.07 Å². The molecule has 0 radical (unpaired) electrons. The van der Waals surface area contributed by atoms with Gasteiger partial charge in [-0.3, -0.25) is 4.90 Å². The first kappa shape index (κ1) is 15.3. The Kier molecular flexibility index (Phi) is 5.02. The fraction of sp³-hybridized carbons (Fsp3) is 0.571. The van der Waals surface area contributed by atoms with Gasteiger partial charge in [0, 0.05) is 18.2 Å². The summed E-state index contributed by atoms with van der Waals surface area (Å²) < 4.78 is 0. The molecule has 0 aliphatic carbocycles. The van der Waals surface area contributed by atoms with Crippen molar-refractivity contribution in [3.63, 3.8) is 0 Å². The third kappa shape index (κ3) is 3.61. The van der Waals surface area contributed by atoms with Crippen molar-refractivity contribution in [3.05, 3.63) is 28.8 Å². The Balaban J connectivity index is 2.87. The van der Waals surface area contributed by atoms with E-state index in [1.165, 1.54) is 0 Å². The maximum absolute atomic E-state index is 9.88. The summed E-state index contributed by atoms with van der Waals surface area (Å²) in [6.45, 7) is 6.89. The van der Waals surface area contributed by atoms with Crippen LogP contribution >= 0.6 is 11.6 Å². The van der Waals surface area contributed by atoms with Gasteiger partial charge in [0.05, 0.1) is 11.6 Å². The Morgan fingerprint density at radius 2 is 1.94 bits per heavy atom. The molecule has 0 fully saturated rings. The lowest BCUT2D eigenvalue weighted by atomic mass is 9.86. The Bertz CT molecular complexity index is 401. The van der Waals surface area contributed by atoms with Gasteiger partial charge in [-0.25, -0.2) is 0 Å². The van der Waals surface area contributed by atoms with Gasteiger partial charge in [0.25, 0.3) is 0 Å². The molecule has 0 bridgehead atoms. The first-order valence-corrected chi connectivity index (χ1v) is 6.42. The second-order valence-electron chi connectivity index (χ2n) is 5.73. The van der Waals surface area contributed by atoms with Crippen LogP contribution in [0.3, 0.4) is 0 Å². The highest BCUT2D eigenvalue weighted by atomic mass is 35.5. The number of nitrogens with zero attached hydrogens (tertiary/aromatic N) is 1. The Hall–Kier alpha value is -0.770. The summed E-state index contributed by atoms with van der Waals surface area (Å²) in [6, 6.07) is 5.34. The van der Waals surface area contributed by atoms with Crippen molar-refractivity contribution in [1.82, 2.24) is 4.90 Å². The van der Waals surface area contributed by atoms with Crippen LogP contribution in [0.15, 0.2) is 18.2 Å². The fourth-order valence-corrected chi connectivity index (χ4v) is 2.33. The summed E-state index contributed by atoms with van der Waals surface area (Å²) in [5.74, 6) is 0.122. The van der Waals surface area contributed by atoms with Gasteiger partial charge >= 0.3 is 0 Å². The summed E-state index contributed by atoms with van der Waals surface area (Å²) in [4.78, 5) is 2.03. The summed E-state index contributed by atoms with van der Waals surface area (Å²) >= 11 is 5.88. The summed E-state index contributed by atoms with van der Waals surface area (Å²) in [6.07, 6.45) is 0. The second-order valence-corrected chi connectivity index (χ2v) is 6.13. The normalized spacial score (nSPS) is 13.9. The zero-order valence-corrected chi connectivity index (χ0v) is 12.2. The standard InChI is InChI=1S/C14H22ClNO2/c1-14(2,3)12(9-17)16(4)8-10-6-5-7-11(15)13(10)18/h5-7,12,17-18H,8-9H2,1-4H3. The van der Waals surface area contributed by atoms with Gasteiger partial charge in [-0.1, -0.05) is 44.5 Å². The smallest absolute Gasteiger partial charge is 0.138 e. The number of aliphatic hydroxyl groups is 1. The molecule has 0 amide bonds. The predicted octanol–water partition coefficient (Wildman–Crippen LogP) is 2.88. The van der Waals surface area contributed by atoms with Crippen LogP contribution in [-0.2, 0) is 6.54 Å². The van der Waals surface area contributed by atoms with Gasteiger partial charge in [0.2, 0.25) is 0 Å². The number of aromatic hydroxyl groups is 1. The van der Waals surface area contributed by atoms with E-state index in [0.29, 0.717) is 11.6 Å². The summed E-state index contributed by atoms with van der Waals surface area (Å²) in [7, 11) is 1.94. The van der Waals surface area contributed by atoms with Crippen molar-refractivity contribution in [2.24, 2.45) is 5.41 Å². The van der Waals surface area contributed by atoms with E-state index >= 15 is 0 Å². The van der Waals surface area contributed by atoms with Crippen LogP contribution in [0.4, 0.5) is 0 Å². The Labute approximate surface area is 114 Å². The number of aliphatic hydroxyl groups excluding tert-OH is 1. The van der Waals surface area contributed by atoms with Crippen LogP contribution in [0.5, 0.6) is 5.75 Å². The minimum Gasteiger partial charge on any atom is -0.506 e. The van der Waals surface area contributed by atoms with E-state index in [0.717, 1.165) is 5.56 Å². The number of benzene rings is 1. The van der Waals surface area contributed by atoms with Crippen molar-refractivity contribution in [3.8, 4) is 5.75 Å². The summed E-state index contributed by atoms with van der Waals surface area (Å²) in [5.41, 5.74) is 0.741. The molecule has 0 spiro atoms. The average Bonchev–Trinajstić information content (AvgIpc) is 2.23. The Morgan fingerprint density at radius 3 is 2.44 bits per heavy atom. The monoisotopic (exact) mass is 271 g/mol. The molecule has 1 unspecified atom stereocenters. The number of phenolic OH excluding ortho intramolecular Hbond substituents is 1. The van der Waals surface area contributed by atoms with Gasteiger partial charge in [0.1, 0.15) is 5.75 Å². The lowest BCUT2D eigenvalue weighted by molar-refractivity contribution is 0.0609. The predicted molar refractivity (Wildman–Crippen MR) is 74.9 cm³/mol. The lowest BCUT2D eigenvalue weighted by Gasteiger charge is -2.37. The third-order valence-electron chi connectivity index (χ3n) is 3.19. The number of likely N-dealkylation sites (N-methyl/N-ethyl adjacent to an activating group) is 1. The zero-order chi connectivity index (χ0) is 13.9. The molecular weight excluding hydrogens is 250 g/mol. The fourth-order valence-electron chi connectivity index (χ4n) is 2.14. The molecular formula is C14H22ClNO2. The highest BCUT2D eigenvalue weighted by Gasteiger charge is 2.28. The lowest BCUT2D eigenvalue weighted by Crippen LogP contribution is -2.43. The van der Waals surface area contributed by atoms with Crippen LogP contribution in [-0.4, -0.2) is 34.8 Å². The molecule has 2 N–H and O–H groups in total. The van der Waals surface area contributed by atoms with Crippen LogP contribution in [0.1, 0.15) is 26.3 Å². The number of hydrogen-bond donors (Lipinski definition) is 2. The Morgan fingerprint density at radius 1 is 1.33 bits per heavy atom. The van der Waals surface area contributed by atoms with Crippen LogP contribution in [0, 0.1) is 5.41 Å². The summed E-state index contributed by atoms with van der Waals surface area (Å²) in [5, 5.41) is 19.7. The molecule has 1 rings (SSSR count). The molecule has 0 saturated carbocycles. The maximum Gasteiger partial charge on any atom is 0.138 e. The molecule has 0 aliphatic heterocycles. The number of halogens is 1. The van der Waals surface area contributed by atoms with E-state index < -0.39 is 0 Å². The molecule has 3 nitrogen and oxygen atoms in total. The molecule has 4 heteroatoms. The topological polar surface area (TPSA) is 43.7 Å². The SMILES string of the molecule is CN(Cc1cccc(Cl)c1O)C(CO)C(C)(C)C. The van der Waals surface area contributed by atoms with Crippen LogP contribution < -0.4 is 0 Å². The van der Waals surface area contributed by atoms with E-state index in [9.17, 15) is 10.2 Å². The molecule has 0 aromatic heterocycles. The molecule has 0 heterocycles. The van der Waals surface area contributed by atoms with Crippen molar-refractivity contribution in [2.75, 3.05) is 13.7 Å². The molecule has 1 aromatic rings. The van der Waals surface area contributed by atoms with Crippen molar-refractivity contribution >= 4 is 11.6 Å². The minimum absolute atomic E-state index is 0.0240. The number of para-hydroxylation sites is 1. The maximum atomic E-state index is 9.88. The van der Waals surface area contributed by atoms with E-state index in [4.69, 9.17) is 11.6 Å². The quantitative estimate of drug-likeness (QED) is 0.885.